The summed E-state index contributed by atoms with van der Waals surface area (Å²) in [5.74, 6) is -1.25. The number of para-hydroxylation sites is 1. The second-order valence-electron chi connectivity index (χ2n) is 4.35. The molecule has 2 rings (SSSR count). The predicted octanol–water partition coefficient (Wildman–Crippen LogP) is 2.94. The minimum Gasteiger partial charge on any atom is -0.494 e. The molecular weight excluding hydrogens is 240 g/mol. The number of anilines is 1. The Morgan fingerprint density at radius 3 is 2.00 bits per heavy atom. The van der Waals surface area contributed by atoms with Crippen LogP contribution in [0.4, 0.5) is 14.5 Å². The number of methoxy groups -OCH3 is 2. The van der Waals surface area contributed by atoms with Crippen molar-refractivity contribution >= 4 is 5.69 Å². The third-order valence-corrected chi connectivity index (χ3v) is 3.21. The number of piperidine rings is 1. The van der Waals surface area contributed by atoms with Crippen LogP contribution >= 0.6 is 0 Å². The van der Waals surface area contributed by atoms with Crippen LogP contribution in [0, 0.1) is 0 Å². The first kappa shape index (κ1) is 12.9. The van der Waals surface area contributed by atoms with Crippen molar-refractivity contribution in [2.75, 3.05) is 32.2 Å². The van der Waals surface area contributed by atoms with Crippen LogP contribution < -0.4 is 14.4 Å². The van der Waals surface area contributed by atoms with Crippen molar-refractivity contribution in [1.82, 2.24) is 0 Å². The van der Waals surface area contributed by atoms with Crippen molar-refractivity contribution in [3.8, 4) is 11.5 Å². The average Bonchev–Trinajstić information content (AvgIpc) is 2.38. The van der Waals surface area contributed by atoms with Gasteiger partial charge < -0.3 is 14.4 Å². The second kappa shape index (κ2) is 5.00. The van der Waals surface area contributed by atoms with E-state index in [1.165, 1.54) is 0 Å². The van der Waals surface area contributed by atoms with E-state index < -0.39 is 5.92 Å². The number of halogens is 2. The molecule has 0 saturated carbocycles. The summed E-state index contributed by atoms with van der Waals surface area (Å²) in [4.78, 5) is 1.90. The fraction of sp³-hybridized carbons (Fsp3) is 0.538. The van der Waals surface area contributed by atoms with Crippen LogP contribution in [-0.4, -0.2) is 33.2 Å². The molecule has 0 amide bonds. The van der Waals surface area contributed by atoms with Gasteiger partial charge in [0.1, 0.15) is 17.2 Å². The number of alkyl halides is 2. The van der Waals surface area contributed by atoms with Gasteiger partial charge in [0.2, 0.25) is 0 Å². The first-order valence-corrected chi connectivity index (χ1v) is 5.91. The third kappa shape index (κ3) is 2.49. The Morgan fingerprint density at radius 1 is 1.06 bits per heavy atom. The minimum atomic E-state index is -2.55. The molecule has 100 valence electrons. The fourth-order valence-electron chi connectivity index (χ4n) is 2.20. The number of rotatable bonds is 3. The van der Waals surface area contributed by atoms with E-state index in [1.54, 1.807) is 14.2 Å². The van der Waals surface area contributed by atoms with Crippen molar-refractivity contribution < 1.29 is 18.3 Å². The van der Waals surface area contributed by atoms with Gasteiger partial charge in [-0.1, -0.05) is 6.07 Å². The van der Waals surface area contributed by atoms with E-state index >= 15 is 0 Å². The van der Waals surface area contributed by atoms with Crippen LogP contribution in [0.3, 0.4) is 0 Å². The number of nitrogens with zero attached hydrogens (tertiary/aromatic N) is 1. The Labute approximate surface area is 105 Å². The lowest BCUT2D eigenvalue weighted by Gasteiger charge is -2.34. The summed E-state index contributed by atoms with van der Waals surface area (Å²) in [5.41, 5.74) is 0.762. The summed E-state index contributed by atoms with van der Waals surface area (Å²) in [6.07, 6.45) is -0.262. The standard InChI is InChI=1S/C13H17F2NO2/c1-17-10-4-3-5-11(18-2)12(10)16-8-6-13(14,15)7-9-16/h3-5H,6-9H2,1-2H3. The number of ether oxygens (including phenoxy) is 2. The Balaban J connectivity index is 2.27. The number of benzene rings is 1. The first-order chi connectivity index (χ1) is 8.57. The molecule has 0 aliphatic carbocycles. The van der Waals surface area contributed by atoms with E-state index in [2.05, 4.69) is 0 Å². The number of hydrogen-bond acceptors (Lipinski definition) is 3. The van der Waals surface area contributed by atoms with Crippen LogP contribution in [0.25, 0.3) is 0 Å². The van der Waals surface area contributed by atoms with Gasteiger partial charge in [-0.2, -0.15) is 0 Å². The minimum absolute atomic E-state index is 0.131. The summed E-state index contributed by atoms with van der Waals surface area (Å²) >= 11 is 0. The fourth-order valence-corrected chi connectivity index (χ4v) is 2.20. The van der Waals surface area contributed by atoms with E-state index in [4.69, 9.17) is 9.47 Å². The highest BCUT2D eigenvalue weighted by molar-refractivity contribution is 5.68. The molecular formula is C13H17F2NO2. The van der Waals surface area contributed by atoms with Crippen LogP contribution in [0.2, 0.25) is 0 Å². The summed E-state index contributed by atoms with van der Waals surface area (Å²) in [7, 11) is 3.13. The molecule has 0 spiro atoms. The Morgan fingerprint density at radius 2 is 1.56 bits per heavy atom. The van der Waals surface area contributed by atoms with Gasteiger partial charge in [-0.3, -0.25) is 0 Å². The largest absolute Gasteiger partial charge is 0.494 e. The van der Waals surface area contributed by atoms with Gasteiger partial charge >= 0.3 is 0 Å². The van der Waals surface area contributed by atoms with E-state index in [9.17, 15) is 8.78 Å². The molecule has 5 heteroatoms. The molecule has 1 aromatic rings. The molecule has 3 nitrogen and oxygen atoms in total. The van der Waals surface area contributed by atoms with E-state index in [0.717, 1.165) is 5.69 Å². The smallest absolute Gasteiger partial charge is 0.251 e. The first-order valence-electron chi connectivity index (χ1n) is 5.91. The van der Waals surface area contributed by atoms with E-state index in [-0.39, 0.29) is 12.8 Å². The Bertz CT molecular complexity index is 391. The van der Waals surface area contributed by atoms with Crippen LogP contribution in [0.15, 0.2) is 18.2 Å². The van der Waals surface area contributed by atoms with Crippen molar-refractivity contribution in [2.24, 2.45) is 0 Å². The van der Waals surface area contributed by atoms with Gasteiger partial charge in [0.15, 0.2) is 0 Å². The highest BCUT2D eigenvalue weighted by Gasteiger charge is 2.35. The summed E-state index contributed by atoms with van der Waals surface area (Å²) < 4.78 is 36.9. The van der Waals surface area contributed by atoms with E-state index in [0.29, 0.717) is 24.6 Å². The van der Waals surface area contributed by atoms with Crippen LogP contribution in [0.1, 0.15) is 12.8 Å². The molecule has 1 aliphatic heterocycles. The molecule has 1 heterocycles. The quantitative estimate of drug-likeness (QED) is 0.831. The molecule has 0 aromatic heterocycles. The topological polar surface area (TPSA) is 21.7 Å². The lowest BCUT2D eigenvalue weighted by Crippen LogP contribution is -2.39. The lowest BCUT2D eigenvalue weighted by molar-refractivity contribution is -0.0221. The van der Waals surface area contributed by atoms with Crippen LogP contribution in [-0.2, 0) is 0 Å². The molecule has 0 bridgehead atoms. The maximum Gasteiger partial charge on any atom is 0.251 e. The van der Waals surface area contributed by atoms with Crippen LogP contribution in [0.5, 0.6) is 11.5 Å². The van der Waals surface area contributed by atoms with Gasteiger partial charge in [-0.25, -0.2) is 8.78 Å². The maximum atomic E-state index is 13.2. The molecule has 1 saturated heterocycles. The summed E-state index contributed by atoms with van der Waals surface area (Å²) in [6, 6.07) is 5.44. The lowest BCUT2D eigenvalue weighted by atomic mass is 10.1. The number of hydrogen-bond donors (Lipinski definition) is 0. The molecule has 0 unspecified atom stereocenters. The normalized spacial score (nSPS) is 18.6. The van der Waals surface area contributed by atoms with E-state index in [1.807, 2.05) is 23.1 Å². The third-order valence-electron chi connectivity index (χ3n) is 3.21. The molecule has 18 heavy (non-hydrogen) atoms. The molecule has 1 aromatic carbocycles. The monoisotopic (exact) mass is 257 g/mol. The Kier molecular flexibility index (Phi) is 3.59. The molecule has 1 aliphatic rings. The van der Waals surface area contributed by atoms with Crippen molar-refractivity contribution in [1.29, 1.82) is 0 Å². The molecule has 1 fully saturated rings. The van der Waals surface area contributed by atoms with Gasteiger partial charge in [-0.05, 0) is 12.1 Å². The van der Waals surface area contributed by atoms with Gasteiger partial charge in [0.25, 0.3) is 5.92 Å². The Hall–Kier alpha value is -1.52. The zero-order chi connectivity index (χ0) is 13.2. The summed E-state index contributed by atoms with van der Waals surface area (Å²) in [6.45, 7) is 0.619. The zero-order valence-electron chi connectivity index (χ0n) is 10.6. The molecule has 0 radical (unpaired) electrons. The second-order valence-corrected chi connectivity index (χ2v) is 4.35. The SMILES string of the molecule is COc1cccc(OC)c1N1CCC(F)(F)CC1. The van der Waals surface area contributed by atoms with Crippen molar-refractivity contribution in [2.45, 2.75) is 18.8 Å². The van der Waals surface area contributed by atoms with Gasteiger partial charge in [0, 0.05) is 25.9 Å². The molecule has 0 N–H and O–H groups in total. The molecule has 0 atom stereocenters. The average molecular weight is 257 g/mol. The highest BCUT2D eigenvalue weighted by Crippen LogP contribution is 2.40. The van der Waals surface area contributed by atoms with Gasteiger partial charge in [0.05, 0.1) is 14.2 Å². The van der Waals surface area contributed by atoms with Gasteiger partial charge in [-0.15, -0.1) is 0 Å². The highest BCUT2D eigenvalue weighted by atomic mass is 19.3. The zero-order valence-corrected chi connectivity index (χ0v) is 10.6. The predicted molar refractivity (Wildman–Crippen MR) is 65.9 cm³/mol. The van der Waals surface area contributed by atoms with Crippen molar-refractivity contribution in [3.63, 3.8) is 0 Å². The van der Waals surface area contributed by atoms with Crippen molar-refractivity contribution in [3.05, 3.63) is 18.2 Å². The maximum absolute atomic E-state index is 13.2. The summed E-state index contributed by atoms with van der Waals surface area (Å²) in [5, 5.41) is 0.